The number of rotatable bonds is 4. The number of nitrogens with zero attached hydrogens (tertiary/aromatic N) is 2. The largest absolute Gasteiger partial charge is 0.370 e. The van der Waals surface area contributed by atoms with E-state index in [1.54, 1.807) is 24.5 Å². The van der Waals surface area contributed by atoms with Gasteiger partial charge in [0.25, 0.3) is 0 Å². The second kappa shape index (κ2) is 6.59. The van der Waals surface area contributed by atoms with Crippen LogP contribution in [0.1, 0.15) is 45.1 Å². The molecular formula is C19H25N3O3. The summed E-state index contributed by atoms with van der Waals surface area (Å²) in [5, 5.41) is 0. The van der Waals surface area contributed by atoms with Crippen LogP contribution in [0.5, 0.6) is 0 Å². The van der Waals surface area contributed by atoms with Crippen molar-refractivity contribution < 1.29 is 14.3 Å². The first-order valence-corrected chi connectivity index (χ1v) is 8.68. The zero-order valence-electron chi connectivity index (χ0n) is 14.8. The number of likely N-dealkylation sites (tertiary alicyclic amines) is 1. The van der Waals surface area contributed by atoms with E-state index in [4.69, 9.17) is 10.5 Å². The average molecular weight is 343 g/mol. The highest BCUT2D eigenvalue weighted by Gasteiger charge is 2.58. The molecule has 2 aliphatic rings. The summed E-state index contributed by atoms with van der Waals surface area (Å²) in [4.78, 5) is 30.3. The quantitative estimate of drug-likeness (QED) is 0.846. The lowest BCUT2D eigenvalue weighted by atomic mass is 9.82. The molecule has 2 saturated heterocycles. The summed E-state index contributed by atoms with van der Waals surface area (Å²) in [5.74, 6) is -0.454. The molecule has 0 aromatic carbocycles. The topological polar surface area (TPSA) is 85.5 Å². The zero-order chi connectivity index (χ0) is 18.1. The Morgan fingerprint density at radius 1 is 1.48 bits per heavy atom. The molecule has 3 rings (SSSR count). The molecule has 0 radical (unpaired) electrons. The van der Waals surface area contributed by atoms with Gasteiger partial charge in [-0.15, -0.1) is 0 Å². The summed E-state index contributed by atoms with van der Waals surface area (Å²) in [5.41, 5.74) is 5.47. The molecule has 0 aliphatic carbocycles. The fourth-order valence-electron chi connectivity index (χ4n) is 4.28. The molecule has 25 heavy (non-hydrogen) atoms. The SMILES string of the molecule is CC1(C)C[C@]2(CCCN2C(=O)C=Cc2cccnc2)[C@H](CC(N)=O)O1. The van der Waals surface area contributed by atoms with Crippen LogP contribution in [-0.2, 0) is 14.3 Å². The molecule has 3 heterocycles. The molecule has 6 heteroatoms. The number of aromatic nitrogens is 1. The van der Waals surface area contributed by atoms with Gasteiger partial charge in [0, 0.05) is 31.4 Å². The highest BCUT2D eigenvalue weighted by Crippen LogP contribution is 2.48. The van der Waals surface area contributed by atoms with Crippen molar-refractivity contribution in [2.45, 2.75) is 56.8 Å². The number of carbonyl (C=O) groups excluding carboxylic acids is 2. The lowest BCUT2D eigenvalue weighted by Crippen LogP contribution is -2.53. The number of nitrogens with two attached hydrogens (primary N) is 1. The van der Waals surface area contributed by atoms with Crippen LogP contribution in [0.3, 0.4) is 0 Å². The van der Waals surface area contributed by atoms with E-state index in [0.717, 1.165) is 18.4 Å². The Labute approximate surface area is 148 Å². The Morgan fingerprint density at radius 2 is 2.28 bits per heavy atom. The minimum absolute atomic E-state index is 0.0582. The van der Waals surface area contributed by atoms with Gasteiger partial charge in [-0.1, -0.05) is 6.07 Å². The van der Waals surface area contributed by atoms with E-state index in [2.05, 4.69) is 4.98 Å². The summed E-state index contributed by atoms with van der Waals surface area (Å²) in [7, 11) is 0. The fraction of sp³-hybridized carbons (Fsp3) is 0.526. The molecule has 0 unspecified atom stereocenters. The van der Waals surface area contributed by atoms with Crippen LogP contribution >= 0.6 is 0 Å². The predicted octanol–water partition coefficient (Wildman–Crippen LogP) is 1.90. The van der Waals surface area contributed by atoms with Crippen LogP contribution < -0.4 is 5.73 Å². The minimum atomic E-state index is -0.450. The number of carbonyl (C=O) groups is 2. The molecule has 2 amide bonds. The maximum absolute atomic E-state index is 12.9. The van der Waals surface area contributed by atoms with Crippen molar-refractivity contribution in [3.8, 4) is 0 Å². The fourth-order valence-corrected chi connectivity index (χ4v) is 4.28. The minimum Gasteiger partial charge on any atom is -0.370 e. The number of pyridine rings is 1. The Kier molecular flexibility index (Phi) is 4.64. The van der Waals surface area contributed by atoms with E-state index in [9.17, 15) is 9.59 Å². The molecule has 2 fully saturated rings. The maximum Gasteiger partial charge on any atom is 0.247 e. The lowest BCUT2D eigenvalue weighted by Gasteiger charge is -2.38. The molecule has 2 aliphatic heterocycles. The molecular weight excluding hydrogens is 318 g/mol. The van der Waals surface area contributed by atoms with Gasteiger partial charge in [0.1, 0.15) is 0 Å². The van der Waals surface area contributed by atoms with E-state index < -0.39 is 11.4 Å². The Balaban J connectivity index is 1.84. The van der Waals surface area contributed by atoms with Gasteiger partial charge in [0.2, 0.25) is 11.8 Å². The van der Waals surface area contributed by atoms with Crippen molar-refractivity contribution in [3.05, 3.63) is 36.2 Å². The van der Waals surface area contributed by atoms with Gasteiger partial charge in [-0.2, -0.15) is 0 Å². The first-order valence-electron chi connectivity index (χ1n) is 8.68. The van der Waals surface area contributed by atoms with Gasteiger partial charge in [-0.05, 0) is 44.4 Å². The third-order valence-electron chi connectivity index (χ3n) is 5.08. The van der Waals surface area contributed by atoms with Crippen molar-refractivity contribution in [1.82, 2.24) is 9.88 Å². The van der Waals surface area contributed by atoms with Gasteiger partial charge in [0.15, 0.2) is 0 Å². The number of hydrogen-bond acceptors (Lipinski definition) is 4. The third kappa shape index (κ3) is 3.58. The molecule has 0 bridgehead atoms. The monoisotopic (exact) mass is 343 g/mol. The Morgan fingerprint density at radius 3 is 2.96 bits per heavy atom. The summed E-state index contributed by atoms with van der Waals surface area (Å²) >= 11 is 0. The summed E-state index contributed by atoms with van der Waals surface area (Å²) < 4.78 is 6.11. The van der Waals surface area contributed by atoms with Crippen molar-refractivity contribution in [2.24, 2.45) is 5.73 Å². The average Bonchev–Trinajstić information content (AvgIpc) is 3.06. The Bertz CT molecular complexity index is 686. The van der Waals surface area contributed by atoms with Gasteiger partial charge in [-0.25, -0.2) is 0 Å². The van der Waals surface area contributed by atoms with Crippen LogP contribution in [0, 0.1) is 0 Å². The number of ether oxygens (including phenoxy) is 1. The number of hydrogen-bond donors (Lipinski definition) is 1. The van der Waals surface area contributed by atoms with Crippen molar-refractivity contribution in [1.29, 1.82) is 0 Å². The van der Waals surface area contributed by atoms with E-state index in [-0.39, 0.29) is 24.0 Å². The van der Waals surface area contributed by atoms with Crippen molar-refractivity contribution in [2.75, 3.05) is 6.54 Å². The molecule has 1 aromatic heterocycles. The molecule has 134 valence electrons. The molecule has 2 N–H and O–H groups in total. The van der Waals surface area contributed by atoms with Crippen molar-refractivity contribution >= 4 is 17.9 Å². The Hall–Kier alpha value is -2.21. The van der Waals surface area contributed by atoms with Crippen LogP contribution in [0.2, 0.25) is 0 Å². The highest BCUT2D eigenvalue weighted by molar-refractivity contribution is 5.92. The highest BCUT2D eigenvalue weighted by atomic mass is 16.5. The first-order chi connectivity index (χ1) is 11.8. The zero-order valence-corrected chi connectivity index (χ0v) is 14.8. The van der Waals surface area contributed by atoms with Crippen LogP contribution in [0.25, 0.3) is 6.08 Å². The molecule has 2 atom stereocenters. The summed E-state index contributed by atoms with van der Waals surface area (Å²) in [6.45, 7) is 4.68. The van der Waals surface area contributed by atoms with Crippen LogP contribution in [0.4, 0.5) is 0 Å². The van der Waals surface area contributed by atoms with E-state index in [1.165, 1.54) is 0 Å². The molecule has 1 spiro atoms. The summed E-state index contributed by atoms with van der Waals surface area (Å²) in [6, 6.07) is 3.73. The third-order valence-corrected chi connectivity index (χ3v) is 5.08. The number of primary amides is 1. The second-order valence-corrected chi connectivity index (χ2v) is 7.53. The van der Waals surface area contributed by atoms with E-state index in [1.807, 2.05) is 30.9 Å². The smallest absolute Gasteiger partial charge is 0.247 e. The van der Waals surface area contributed by atoms with Crippen LogP contribution in [0.15, 0.2) is 30.6 Å². The standard InChI is InChI=1S/C19H25N3O3/c1-18(2)13-19(15(25-18)11-16(20)23)8-4-10-22(19)17(24)7-6-14-5-3-9-21-12-14/h3,5-7,9,12,15H,4,8,10-11,13H2,1-2H3,(H2,20,23)/t15-,19+/m0/s1. The lowest BCUT2D eigenvalue weighted by molar-refractivity contribution is -0.135. The van der Waals surface area contributed by atoms with Gasteiger partial charge in [-0.3, -0.25) is 14.6 Å². The predicted molar refractivity (Wildman–Crippen MR) is 94.3 cm³/mol. The van der Waals surface area contributed by atoms with Gasteiger partial charge in [0.05, 0.1) is 23.7 Å². The van der Waals surface area contributed by atoms with E-state index in [0.29, 0.717) is 13.0 Å². The van der Waals surface area contributed by atoms with E-state index >= 15 is 0 Å². The summed E-state index contributed by atoms with van der Waals surface area (Å²) in [6.07, 6.45) is 8.99. The van der Waals surface area contributed by atoms with Gasteiger partial charge < -0.3 is 15.4 Å². The number of amides is 2. The van der Waals surface area contributed by atoms with Gasteiger partial charge >= 0.3 is 0 Å². The van der Waals surface area contributed by atoms with Crippen LogP contribution in [-0.4, -0.2) is 45.5 Å². The van der Waals surface area contributed by atoms with Crippen molar-refractivity contribution in [3.63, 3.8) is 0 Å². The second-order valence-electron chi connectivity index (χ2n) is 7.53. The maximum atomic E-state index is 12.9. The first kappa shape index (κ1) is 17.6. The molecule has 6 nitrogen and oxygen atoms in total. The normalized spacial score (nSPS) is 28.1. The molecule has 0 saturated carbocycles. The molecule has 1 aromatic rings.